The number of likely N-dealkylation sites (tertiary alicyclic amines) is 1. The van der Waals surface area contributed by atoms with Gasteiger partial charge in [-0.2, -0.15) is 0 Å². The summed E-state index contributed by atoms with van der Waals surface area (Å²) in [5.41, 5.74) is 2.00. The summed E-state index contributed by atoms with van der Waals surface area (Å²) >= 11 is 0. The van der Waals surface area contributed by atoms with Crippen molar-refractivity contribution >= 4 is 17.3 Å². The van der Waals surface area contributed by atoms with Crippen LogP contribution in [-0.2, 0) is 4.79 Å². The van der Waals surface area contributed by atoms with E-state index >= 15 is 0 Å². The average Bonchev–Trinajstić information content (AvgIpc) is 3.32. The quantitative estimate of drug-likeness (QED) is 0.790. The summed E-state index contributed by atoms with van der Waals surface area (Å²) < 4.78 is 5.46. The lowest BCUT2D eigenvalue weighted by Gasteiger charge is -2.27. The Hall–Kier alpha value is -1.95. The van der Waals surface area contributed by atoms with E-state index in [9.17, 15) is 4.79 Å². The van der Waals surface area contributed by atoms with Gasteiger partial charge in [-0.05, 0) is 50.9 Å². The molecule has 0 aromatic heterocycles. The van der Waals surface area contributed by atoms with Crippen LogP contribution in [-0.4, -0.2) is 63.7 Å². The van der Waals surface area contributed by atoms with Gasteiger partial charge in [-0.25, -0.2) is 0 Å². The van der Waals surface area contributed by atoms with Crippen molar-refractivity contribution in [3.63, 3.8) is 0 Å². The molecule has 6 nitrogen and oxygen atoms in total. The summed E-state index contributed by atoms with van der Waals surface area (Å²) in [6, 6.07) is 6.00. The molecule has 138 valence electrons. The first kappa shape index (κ1) is 17.9. The van der Waals surface area contributed by atoms with E-state index in [4.69, 9.17) is 4.74 Å². The van der Waals surface area contributed by atoms with Gasteiger partial charge < -0.3 is 25.2 Å². The predicted molar refractivity (Wildman–Crippen MR) is 102 cm³/mol. The zero-order valence-corrected chi connectivity index (χ0v) is 15.4. The lowest BCUT2D eigenvalue weighted by molar-refractivity contribution is -0.122. The second-order valence-electron chi connectivity index (χ2n) is 6.83. The van der Waals surface area contributed by atoms with E-state index in [1.165, 1.54) is 25.9 Å². The molecule has 0 radical (unpaired) electrons. The maximum Gasteiger partial charge on any atom is 0.242 e. The number of nitrogens with zero attached hydrogens (tertiary/aromatic N) is 2. The SMILES string of the molecule is CNc1ccc(N2CCC[C@@H]2C(=O)NCCN2CCCC2)cc1OC. The van der Waals surface area contributed by atoms with E-state index in [2.05, 4.69) is 26.5 Å². The van der Waals surface area contributed by atoms with Crippen LogP contribution in [0.25, 0.3) is 0 Å². The standard InChI is InChI=1S/C19H30N4O2/c1-20-16-8-7-15(14-18(16)25-2)23-12-5-6-17(23)19(24)21-9-13-22-10-3-4-11-22/h7-8,14,17,20H,3-6,9-13H2,1-2H3,(H,21,24)/t17-/m1/s1. The first-order valence-corrected chi connectivity index (χ1v) is 9.35. The minimum absolute atomic E-state index is 0.0799. The Labute approximate surface area is 150 Å². The normalized spacial score (nSPS) is 20.7. The van der Waals surface area contributed by atoms with Gasteiger partial charge >= 0.3 is 0 Å². The smallest absolute Gasteiger partial charge is 0.242 e. The Morgan fingerprint density at radius 3 is 2.76 bits per heavy atom. The van der Waals surface area contributed by atoms with Crippen molar-refractivity contribution in [2.45, 2.75) is 31.7 Å². The molecule has 0 saturated carbocycles. The molecule has 0 aliphatic carbocycles. The minimum Gasteiger partial charge on any atom is -0.495 e. The molecule has 0 spiro atoms. The monoisotopic (exact) mass is 346 g/mol. The summed E-state index contributed by atoms with van der Waals surface area (Å²) in [6.07, 6.45) is 4.52. The zero-order chi connectivity index (χ0) is 17.6. The van der Waals surface area contributed by atoms with Gasteiger partial charge in [0, 0.05) is 38.4 Å². The van der Waals surface area contributed by atoms with Crippen LogP contribution in [0.5, 0.6) is 5.75 Å². The van der Waals surface area contributed by atoms with Crippen molar-refractivity contribution in [2.24, 2.45) is 0 Å². The van der Waals surface area contributed by atoms with E-state index in [0.29, 0.717) is 0 Å². The summed E-state index contributed by atoms with van der Waals surface area (Å²) in [4.78, 5) is 17.3. The summed E-state index contributed by atoms with van der Waals surface area (Å²) in [5.74, 6) is 0.952. The van der Waals surface area contributed by atoms with Gasteiger partial charge in [-0.1, -0.05) is 0 Å². The number of rotatable bonds is 7. The highest BCUT2D eigenvalue weighted by Crippen LogP contribution is 2.33. The lowest BCUT2D eigenvalue weighted by atomic mass is 10.1. The van der Waals surface area contributed by atoms with Crippen molar-refractivity contribution in [3.8, 4) is 5.75 Å². The fraction of sp³-hybridized carbons (Fsp3) is 0.632. The van der Waals surface area contributed by atoms with Crippen LogP contribution in [0.15, 0.2) is 18.2 Å². The Morgan fingerprint density at radius 1 is 1.24 bits per heavy atom. The highest BCUT2D eigenvalue weighted by molar-refractivity contribution is 5.86. The number of amides is 1. The topological polar surface area (TPSA) is 56.8 Å². The highest BCUT2D eigenvalue weighted by atomic mass is 16.5. The zero-order valence-electron chi connectivity index (χ0n) is 15.4. The van der Waals surface area contributed by atoms with Crippen LogP contribution >= 0.6 is 0 Å². The van der Waals surface area contributed by atoms with Gasteiger partial charge in [-0.3, -0.25) is 4.79 Å². The van der Waals surface area contributed by atoms with Crippen LogP contribution in [0.2, 0.25) is 0 Å². The maximum atomic E-state index is 12.7. The number of carbonyl (C=O) groups is 1. The Bertz CT molecular complexity index is 587. The largest absolute Gasteiger partial charge is 0.495 e. The van der Waals surface area contributed by atoms with Crippen molar-refractivity contribution in [3.05, 3.63) is 18.2 Å². The van der Waals surface area contributed by atoms with Crippen molar-refractivity contribution < 1.29 is 9.53 Å². The minimum atomic E-state index is -0.0799. The molecule has 2 fully saturated rings. The van der Waals surface area contributed by atoms with Gasteiger partial charge in [0.2, 0.25) is 5.91 Å². The van der Waals surface area contributed by atoms with E-state index in [1.54, 1.807) is 7.11 Å². The van der Waals surface area contributed by atoms with Gasteiger partial charge in [0.15, 0.2) is 0 Å². The fourth-order valence-electron chi connectivity index (χ4n) is 3.87. The van der Waals surface area contributed by atoms with E-state index < -0.39 is 0 Å². The molecule has 0 bridgehead atoms. The fourth-order valence-corrected chi connectivity index (χ4v) is 3.87. The molecule has 2 N–H and O–H groups in total. The Balaban J connectivity index is 1.60. The number of nitrogens with one attached hydrogen (secondary N) is 2. The van der Waals surface area contributed by atoms with E-state index in [-0.39, 0.29) is 11.9 Å². The summed E-state index contributed by atoms with van der Waals surface area (Å²) in [6.45, 7) is 4.95. The summed E-state index contributed by atoms with van der Waals surface area (Å²) in [7, 11) is 3.55. The van der Waals surface area contributed by atoms with Gasteiger partial charge in [0.05, 0.1) is 12.8 Å². The molecule has 1 amide bonds. The molecule has 1 atom stereocenters. The number of methoxy groups -OCH3 is 1. The molecule has 2 saturated heterocycles. The van der Waals surface area contributed by atoms with Crippen LogP contribution in [0.3, 0.4) is 0 Å². The molecule has 0 unspecified atom stereocenters. The van der Waals surface area contributed by atoms with Crippen molar-refractivity contribution in [1.82, 2.24) is 10.2 Å². The number of ether oxygens (including phenoxy) is 1. The maximum absolute atomic E-state index is 12.7. The number of hydrogen-bond acceptors (Lipinski definition) is 5. The number of hydrogen-bond donors (Lipinski definition) is 2. The molecule has 3 rings (SSSR count). The van der Waals surface area contributed by atoms with Gasteiger partial charge in [0.25, 0.3) is 0 Å². The van der Waals surface area contributed by atoms with E-state index in [0.717, 1.165) is 49.6 Å². The Kier molecular flexibility index (Phi) is 6.02. The molecule has 2 heterocycles. The second-order valence-corrected chi connectivity index (χ2v) is 6.83. The van der Waals surface area contributed by atoms with Crippen LogP contribution in [0.1, 0.15) is 25.7 Å². The number of carbonyl (C=O) groups excluding carboxylic acids is 1. The molecule has 1 aromatic rings. The highest BCUT2D eigenvalue weighted by Gasteiger charge is 2.31. The predicted octanol–water partition coefficient (Wildman–Crippen LogP) is 1.92. The van der Waals surface area contributed by atoms with Crippen LogP contribution in [0.4, 0.5) is 11.4 Å². The van der Waals surface area contributed by atoms with Crippen molar-refractivity contribution in [2.75, 3.05) is 57.1 Å². The third kappa shape index (κ3) is 4.18. The molecule has 25 heavy (non-hydrogen) atoms. The average molecular weight is 346 g/mol. The number of anilines is 2. The van der Waals surface area contributed by atoms with Crippen LogP contribution in [0, 0.1) is 0 Å². The Morgan fingerprint density at radius 2 is 2.04 bits per heavy atom. The molecule has 1 aromatic carbocycles. The van der Waals surface area contributed by atoms with Gasteiger partial charge in [-0.15, -0.1) is 0 Å². The van der Waals surface area contributed by atoms with Crippen molar-refractivity contribution in [1.29, 1.82) is 0 Å². The first-order chi connectivity index (χ1) is 12.2. The number of benzene rings is 1. The summed E-state index contributed by atoms with van der Waals surface area (Å²) in [5, 5.41) is 6.26. The van der Waals surface area contributed by atoms with Gasteiger partial charge in [0.1, 0.15) is 11.8 Å². The molecule has 2 aliphatic heterocycles. The molecular formula is C19H30N4O2. The first-order valence-electron chi connectivity index (χ1n) is 9.35. The molecule has 6 heteroatoms. The third-order valence-corrected chi connectivity index (χ3v) is 5.27. The van der Waals surface area contributed by atoms with Crippen LogP contribution < -0.4 is 20.3 Å². The lowest BCUT2D eigenvalue weighted by Crippen LogP contribution is -2.45. The van der Waals surface area contributed by atoms with E-state index in [1.807, 2.05) is 19.2 Å². The molecule has 2 aliphatic rings. The third-order valence-electron chi connectivity index (χ3n) is 5.27. The second kappa shape index (κ2) is 8.43. The molecular weight excluding hydrogens is 316 g/mol.